The predicted molar refractivity (Wildman–Crippen MR) is 107 cm³/mol. The Bertz CT molecular complexity index is 792. The highest BCUT2D eigenvalue weighted by atomic mass is 19.1. The molecule has 1 aliphatic heterocycles. The van der Waals surface area contributed by atoms with Gasteiger partial charge in [-0.25, -0.2) is 4.39 Å². The molecule has 2 aromatic carbocycles. The van der Waals surface area contributed by atoms with E-state index in [1.165, 1.54) is 17.7 Å². The van der Waals surface area contributed by atoms with Gasteiger partial charge >= 0.3 is 0 Å². The molecule has 1 N–H and O–H groups in total. The molecule has 0 spiro atoms. The second kappa shape index (κ2) is 9.49. The Morgan fingerprint density at radius 2 is 1.79 bits per heavy atom. The molecular weight excluding hydrogens is 355 g/mol. The summed E-state index contributed by atoms with van der Waals surface area (Å²) in [5, 5.41) is 3.05. The number of benzene rings is 2. The van der Waals surface area contributed by atoms with E-state index >= 15 is 0 Å². The van der Waals surface area contributed by atoms with Crippen LogP contribution in [-0.4, -0.2) is 35.8 Å². The number of nitrogens with one attached hydrogen (secondary N) is 1. The van der Waals surface area contributed by atoms with Gasteiger partial charge in [-0.15, -0.1) is 0 Å². The van der Waals surface area contributed by atoms with E-state index in [4.69, 9.17) is 0 Å². The Kier molecular flexibility index (Phi) is 6.80. The summed E-state index contributed by atoms with van der Waals surface area (Å²) < 4.78 is 13.0. The topological polar surface area (TPSA) is 49.4 Å². The summed E-state index contributed by atoms with van der Waals surface area (Å²) in [4.78, 5) is 26.5. The fraction of sp³-hybridized carbons (Fsp3) is 0.391. The quantitative estimate of drug-likeness (QED) is 0.761. The van der Waals surface area contributed by atoms with Crippen molar-refractivity contribution in [3.05, 3.63) is 71.5 Å². The van der Waals surface area contributed by atoms with Crippen molar-refractivity contribution in [1.29, 1.82) is 0 Å². The van der Waals surface area contributed by atoms with Gasteiger partial charge in [0.15, 0.2) is 0 Å². The van der Waals surface area contributed by atoms with E-state index in [9.17, 15) is 14.0 Å². The van der Waals surface area contributed by atoms with Crippen LogP contribution in [0.25, 0.3) is 0 Å². The molecule has 1 aliphatic rings. The Labute approximate surface area is 165 Å². The normalized spacial score (nSPS) is 17.6. The molecule has 0 aromatic heterocycles. The van der Waals surface area contributed by atoms with Crippen LogP contribution in [0.1, 0.15) is 30.9 Å². The molecule has 28 heavy (non-hydrogen) atoms. The van der Waals surface area contributed by atoms with Crippen molar-refractivity contribution >= 4 is 11.8 Å². The van der Waals surface area contributed by atoms with Gasteiger partial charge in [0.2, 0.25) is 11.8 Å². The van der Waals surface area contributed by atoms with Crippen molar-refractivity contribution in [3.63, 3.8) is 0 Å². The zero-order valence-corrected chi connectivity index (χ0v) is 16.2. The van der Waals surface area contributed by atoms with Crippen LogP contribution in [0.2, 0.25) is 0 Å². The summed E-state index contributed by atoms with van der Waals surface area (Å²) in [7, 11) is 0. The third kappa shape index (κ3) is 5.65. The molecule has 5 heteroatoms. The van der Waals surface area contributed by atoms with Gasteiger partial charge in [0.1, 0.15) is 5.82 Å². The second-order valence-corrected chi connectivity index (χ2v) is 7.55. The third-order valence-corrected chi connectivity index (χ3v) is 5.27. The molecule has 1 heterocycles. The van der Waals surface area contributed by atoms with Crippen molar-refractivity contribution in [2.45, 2.75) is 38.6 Å². The van der Waals surface area contributed by atoms with Crippen LogP contribution in [-0.2, 0) is 22.4 Å². The Hall–Kier alpha value is -2.69. The van der Waals surface area contributed by atoms with E-state index in [2.05, 4.69) is 17.4 Å². The van der Waals surface area contributed by atoms with Crippen molar-refractivity contribution < 1.29 is 14.0 Å². The van der Waals surface area contributed by atoms with Gasteiger partial charge in [-0.1, -0.05) is 42.5 Å². The van der Waals surface area contributed by atoms with E-state index in [-0.39, 0.29) is 36.0 Å². The van der Waals surface area contributed by atoms with Crippen LogP contribution in [0.4, 0.5) is 4.39 Å². The smallest absolute Gasteiger partial charge is 0.225 e. The van der Waals surface area contributed by atoms with E-state index < -0.39 is 0 Å². The lowest BCUT2D eigenvalue weighted by atomic mass is 10.0. The summed E-state index contributed by atoms with van der Waals surface area (Å²) in [5.41, 5.74) is 2.24. The lowest BCUT2D eigenvalue weighted by Gasteiger charge is -2.18. The van der Waals surface area contributed by atoms with Gasteiger partial charge in [0, 0.05) is 25.6 Å². The number of aryl methyl sites for hydroxylation is 1. The standard InChI is InChI=1S/C23H27FN2O2/c1-17(7-8-18-5-3-2-4-6-18)25-23(28)20-15-22(27)26(16-20)14-13-19-9-11-21(24)12-10-19/h2-6,9-12,17,20H,7-8,13-16H2,1H3,(H,25,28)/t17-,20+/m1/s1. The average Bonchev–Trinajstić information content (AvgIpc) is 3.08. The predicted octanol–water partition coefficient (Wildman–Crippen LogP) is 3.35. The Morgan fingerprint density at radius 3 is 2.50 bits per heavy atom. The lowest BCUT2D eigenvalue weighted by molar-refractivity contribution is -0.129. The van der Waals surface area contributed by atoms with Crippen molar-refractivity contribution in [3.8, 4) is 0 Å². The first-order chi connectivity index (χ1) is 13.5. The number of amides is 2. The second-order valence-electron chi connectivity index (χ2n) is 7.55. The van der Waals surface area contributed by atoms with Crippen molar-refractivity contribution in [2.24, 2.45) is 5.92 Å². The number of rotatable bonds is 8. The van der Waals surface area contributed by atoms with Gasteiger partial charge in [-0.3, -0.25) is 9.59 Å². The van der Waals surface area contributed by atoms with Crippen LogP contribution in [0.15, 0.2) is 54.6 Å². The molecule has 0 unspecified atom stereocenters. The van der Waals surface area contributed by atoms with Crippen LogP contribution in [0.3, 0.4) is 0 Å². The average molecular weight is 382 g/mol. The zero-order chi connectivity index (χ0) is 19.9. The molecule has 3 rings (SSSR count). The summed E-state index contributed by atoms with van der Waals surface area (Å²) in [6, 6.07) is 16.6. The number of nitrogens with zero attached hydrogens (tertiary/aromatic N) is 1. The van der Waals surface area contributed by atoms with Gasteiger partial charge < -0.3 is 10.2 Å². The van der Waals surface area contributed by atoms with Gasteiger partial charge in [-0.05, 0) is 49.4 Å². The molecule has 4 nitrogen and oxygen atoms in total. The molecule has 2 atom stereocenters. The summed E-state index contributed by atoms with van der Waals surface area (Å²) in [6.45, 7) is 3.01. The largest absolute Gasteiger partial charge is 0.353 e. The minimum Gasteiger partial charge on any atom is -0.353 e. The number of likely N-dealkylation sites (tertiary alicyclic amines) is 1. The highest BCUT2D eigenvalue weighted by molar-refractivity contribution is 5.89. The molecule has 0 radical (unpaired) electrons. The van der Waals surface area contributed by atoms with E-state index in [1.807, 2.05) is 25.1 Å². The van der Waals surface area contributed by atoms with Crippen molar-refractivity contribution in [1.82, 2.24) is 10.2 Å². The number of carbonyl (C=O) groups excluding carboxylic acids is 2. The van der Waals surface area contributed by atoms with E-state index in [0.29, 0.717) is 19.5 Å². The maximum atomic E-state index is 13.0. The first-order valence-corrected chi connectivity index (χ1v) is 9.88. The summed E-state index contributed by atoms with van der Waals surface area (Å²) in [5.74, 6) is -0.587. The molecular formula is C23H27FN2O2. The highest BCUT2D eigenvalue weighted by Gasteiger charge is 2.34. The molecule has 148 valence electrons. The SMILES string of the molecule is C[C@H](CCc1ccccc1)NC(=O)[C@H]1CC(=O)N(CCc2ccc(F)cc2)C1. The van der Waals surface area contributed by atoms with Gasteiger partial charge in [0.25, 0.3) is 0 Å². The van der Waals surface area contributed by atoms with Gasteiger partial charge in [0.05, 0.1) is 5.92 Å². The minimum atomic E-state index is -0.292. The van der Waals surface area contributed by atoms with Crippen LogP contribution in [0, 0.1) is 11.7 Å². The zero-order valence-electron chi connectivity index (χ0n) is 16.2. The van der Waals surface area contributed by atoms with Gasteiger partial charge in [-0.2, -0.15) is 0 Å². The molecule has 0 saturated carbocycles. The fourth-order valence-corrected chi connectivity index (χ4v) is 3.54. The third-order valence-electron chi connectivity index (χ3n) is 5.27. The number of carbonyl (C=O) groups is 2. The van der Waals surface area contributed by atoms with Crippen LogP contribution >= 0.6 is 0 Å². The Morgan fingerprint density at radius 1 is 1.11 bits per heavy atom. The molecule has 1 saturated heterocycles. The highest BCUT2D eigenvalue weighted by Crippen LogP contribution is 2.19. The summed E-state index contributed by atoms with van der Waals surface area (Å²) in [6.07, 6.45) is 2.70. The molecule has 2 amide bonds. The fourth-order valence-electron chi connectivity index (χ4n) is 3.54. The first-order valence-electron chi connectivity index (χ1n) is 9.88. The maximum Gasteiger partial charge on any atom is 0.225 e. The monoisotopic (exact) mass is 382 g/mol. The molecule has 2 aromatic rings. The van der Waals surface area contributed by atoms with Crippen LogP contribution in [0.5, 0.6) is 0 Å². The van der Waals surface area contributed by atoms with E-state index in [0.717, 1.165) is 18.4 Å². The molecule has 0 aliphatic carbocycles. The molecule has 1 fully saturated rings. The number of hydrogen-bond acceptors (Lipinski definition) is 2. The first kappa shape index (κ1) is 20.1. The summed E-state index contributed by atoms with van der Waals surface area (Å²) >= 11 is 0. The maximum absolute atomic E-state index is 13.0. The molecule has 0 bridgehead atoms. The Balaban J connectivity index is 1.43. The van der Waals surface area contributed by atoms with Crippen LogP contribution < -0.4 is 5.32 Å². The van der Waals surface area contributed by atoms with E-state index in [1.54, 1.807) is 17.0 Å². The minimum absolute atomic E-state index is 0.0131. The number of hydrogen-bond donors (Lipinski definition) is 1. The van der Waals surface area contributed by atoms with Crippen molar-refractivity contribution in [2.75, 3.05) is 13.1 Å². The number of halogens is 1. The lowest BCUT2D eigenvalue weighted by Crippen LogP contribution is -2.38.